The Morgan fingerprint density at radius 1 is 1.33 bits per heavy atom. The molecule has 3 aromatic rings. The third-order valence-electron chi connectivity index (χ3n) is 7.73. The maximum atomic E-state index is 15.7. The van der Waals surface area contributed by atoms with Crippen molar-refractivity contribution in [1.29, 1.82) is 0 Å². The minimum absolute atomic E-state index is 0.0889. The number of aromatic hydroxyl groups is 1. The van der Waals surface area contributed by atoms with E-state index in [9.17, 15) is 9.90 Å². The molecule has 0 aliphatic carbocycles. The monoisotopic (exact) mass is 493 g/mol. The lowest BCUT2D eigenvalue weighted by Crippen LogP contribution is -2.53. The lowest BCUT2D eigenvalue weighted by Gasteiger charge is -2.44. The minimum atomic E-state index is -1.02. The smallest absolute Gasteiger partial charge is 0.254 e. The molecule has 1 aromatic heterocycles. The zero-order valence-electron chi connectivity index (χ0n) is 21.1. The summed E-state index contributed by atoms with van der Waals surface area (Å²) >= 11 is 0. The van der Waals surface area contributed by atoms with Crippen LogP contribution in [0.5, 0.6) is 11.5 Å². The topological polar surface area (TPSA) is 87.2 Å². The van der Waals surface area contributed by atoms with Gasteiger partial charge in [-0.3, -0.25) is 14.4 Å². The third kappa shape index (κ3) is 3.26. The van der Waals surface area contributed by atoms with E-state index in [1.54, 1.807) is 35.2 Å². The highest BCUT2D eigenvalue weighted by Gasteiger charge is 2.58. The number of likely N-dealkylation sites (N-methyl/N-ethyl adjacent to an activating group) is 1. The summed E-state index contributed by atoms with van der Waals surface area (Å²) in [5.74, 6) is 6.80. The number of rotatable bonds is 6. The van der Waals surface area contributed by atoms with Crippen LogP contribution in [-0.4, -0.2) is 69.7 Å². The molecule has 1 saturated heterocycles. The van der Waals surface area contributed by atoms with Gasteiger partial charge >= 0.3 is 0 Å². The van der Waals surface area contributed by atoms with Gasteiger partial charge < -0.3 is 25.5 Å². The molecular formula is C27H32FN5O3. The predicted octanol–water partition coefficient (Wildman–Crippen LogP) is 3.18. The summed E-state index contributed by atoms with van der Waals surface area (Å²) in [6.07, 6.45) is 0.250. The van der Waals surface area contributed by atoms with E-state index in [1.165, 1.54) is 11.8 Å². The van der Waals surface area contributed by atoms with Gasteiger partial charge in [0.1, 0.15) is 17.1 Å². The van der Waals surface area contributed by atoms with Gasteiger partial charge in [0.05, 0.1) is 24.4 Å². The normalized spacial score (nSPS) is 21.4. The molecule has 2 aliphatic heterocycles. The molecule has 0 spiro atoms. The van der Waals surface area contributed by atoms with E-state index >= 15 is 4.39 Å². The number of benzene rings is 2. The molecule has 1 fully saturated rings. The summed E-state index contributed by atoms with van der Waals surface area (Å²) in [7, 11) is 3.42. The molecule has 36 heavy (non-hydrogen) atoms. The van der Waals surface area contributed by atoms with Gasteiger partial charge in [0.25, 0.3) is 5.91 Å². The Balaban J connectivity index is 1.75. The van der Waals surface area contributed by atoms with E-state index in [4.69, 9.17) is 10.6 Å². The number of methoxy groups -OCH3 is 1. The quantitative estimate of drug-likeness (QED) is 0.513. The van der Waals surface area contributed by atoms with Crippen LogP contribution in [0, 0.1) is 5.82 Å². The van der Waals surface area contributed by atoms with Crippen LogP contribution < -0.4 is 10.6 Å². The fraction of sp³-hybridized carbons (Fsp3) is 0.370. The van der Waals surface area contributed by atoms with Crippen molar-refractivity contribution in [2.24, 2.45) is 0 Å². The molecule has 9 heteroatoms. The molecule has 1 amide bonds. The molecule has 8 nitrogen and oxygen atoms in total. The Bertz CT molecular complexity index is 1390. The van der Waals surface area contributed by atoms with Gasteiger partial charge in [0.15, 0.2) is 11.6 Å². The first kappa shape index (κ1) is 24.0. The summed E-state index contributed by atoms with van der Waals surface area (Å²) < 4.78 is 22.4. The largest absolute Gasteiger partial charge is 0.508 e. The first-order valence-corrected chi connectivity index (χ1v) is 12.1. The van der Waals surface area contributed by atoms with Crippen molar-refractivity contribution < 1.29 is 19.0 Å². The van der Waals surface area contributed by atoms with E-state index in [1.807, 2.05) is 24.9 Å². The fourth-order valence-corrected chi connectivity index (χ4v) is 5.72. The summed E-state index contributed by atoms with van der Waals surface area (Å²) in [5.41, 5.74) is 1.53. The van der Waals surface area contributed by atoms with Crippen LogP contribution in [-0.2, 0) is 11.2 Å². The predicted molar refractivity (Wildman–Crippen MR) is 137 cm³/mol. The van der Waals surface area contributed by atoms with Crippen LogP contribution >= 0.6 is 0 Å². The lowest BCUT2D eigenvalue weighted by molar-refractivity contribution is -0.133. The van der Waals surface area contributed by atoms with Crippen molar-refractivity contribution in [1.82, 2.24) is 19.4 Å². The molecule has 3 N–H and O–H groups in total. The van der Waals surface area contributed by atoms with Gasteiger partial charge in [-0.15, -0.1) is 0 Å². The van der Waals surface area contributed by atoms with Crippen LogP contribution in [0.3, 0.4) is 0 Å². The van der Waals surface area contributed by atoms with E-state index in [-0.39, 0.29) is 23.8 Å². The minimum Gasteiger partial charge on any atom is -0.508 e. The Hall–Kier alpha value is -3.72. The number of halogens is 1. The molecule has 3 heterocycles. The van der Waals surface area contributed by atoms with E-state index in [0.717, 1.165) is 12.1 Å². The molecule has 2 aromatic carbocycles. The summed E-state index contributed by atoms with van der Waals surface area (Å²) in [5, 5.41) is 10.7. The van der Waals surface area contributed by atoms with Crippen molar-refractivity contribution in [3.8, 4) is 11.5 Å². The Morgan fingerprint density at radius 3 is 2.75 bits per heavy atom. The SMILES string of the molecule is C=C1N(CCN(C)CC)C(=O)[C@]2(C)Cc3c(n(N)c4ccc(OC)c(F)c34)[C@@H](c3cccc(O)c3)N12. The number of hydrogen-bond donors (Lipinski definition) is 2. The standard InChI is InChI=1S/C27H32FN5O3/c1-6-30(4)12-13-31-16(2)32-24(17-8-7-9-18(34)14-17)25-19(15-27(32,3)26(31)35)22-20(33(25)29)10-11-21(36-5)23(22)28/h7-11,14,24,34H,2,6,12-13,15,29H2,1,3-5H3/t24-,27+/m1/s1. The number of nitrogens with two attached hydrogens (primary N) is 1. The highest BCUT2D eigenvalue weighted by atomic mass is 19.1. The number of amides is 1. The second-order valence-electron chi connectivity index (χ2n) is 9.80. The lowest BCUT2D eigenvalue weighted by atomic mass is 9.81. The summed E-state index contributed by atoms with van der Waals surface area (Å²) in [6.45, 7) is 10.3. The number of hydrogen-bond acceptors (Lipinski definition) is 6. The van der Waals surface area contributed by atoms with Crippen LogP contribution in [0.25, 0.3) is 10.9 Å². The van der Waals surface area contributed by atoms with Crippen LogP contribution in [0.2, 0.25) is 0 Å². The number of nitrogens with zero attached hydrogens (tertiary/aromatic N) is 4. The summed E-state index contributed by atoms with van der Waals surface area (Å²) in [4.78, 5) is 19.8. The van der Waals surface area contributed by atoms with E-state index in [0.29, 0.717) is 41.1 Å². The number of aromatic nitrogens is 1. The van der Waals surface area contributed by atoms with E-state index < -0.39 is 17.4 Å². The maximum Gasteiger partial charge on any atom is 0.254 e. The maximum absolute atomic E-state index is 15.7. The molecule has 5 rings (SSSR count). The van der Waals surface area contributed by atoms with Gasteiger partial charge in [-0.1, -0.05) is 25.6 Å². The Labute approximate surface area is 209 Å². The van der Waals surface area contributed by atoms with Crippen molar-refractivity contribution >= 4 is 16.8 Å². The van der Waals surface area contributed by atoms with Gasteiger partial charge in [-0.25, -0.2) is 4.39 Å². The zero-order valence-corrected chi connectivity index (χ0v) is 21.1. The van der Waals surface area contributed by atoms with Gasteiger partial charge in [0, 0.05) is 24.9 Å². The van der Waals surface area contributed by atoms with Crippen molar-refractivity contribution in [2.45, 2.75) is 31.8 Å². The second kappa shape index (κ2) is 8.44. The average molecular weight is 494 g/mol. The molecular weight excluding hydrogens is 461 g/mol. The summed E-state index contributed by atoms with van der Waals surface area (Å²) in [6, 6.07) is 9.57. The molecule has 2 atom stereocenters. The number of nitrogen functional groups attached to an aromatic ring is 1. The number of carbonyl (C=O) groups excluding carboxylic acids is 1. The van der Waals surface area contributed by atoms with Gasteiger partial charge in [-0.2, -0.15) is 0 Å². The average Bonchev–Trinajstić information content (AvgIpc) is 3.24. The van der Waals surface area contributed by atoms with Crippen molar-refractivity contribution in [3.05, 3.63) is 71.4 Å². The second-order valence-corrected chi connectivity index (χ2v) is 9.80. The fourth-order valence-electron chi connectivity index (χ4n) is 5.72. The first-order valence-electron chi connectivity index (χ1n) is 12.1. The van der Waals surface area contributed by atoms with Crippen LogP contribution in [0.15, 0.2) is 48.8 Å². The number of carbonyl (C=O) groups is 1. The van der Waals surface area contributed by atoms with Crippen molar-refractivity contribution in [2.75, 3.05) is 39.6 Å². The van der Waals surface area contributed by atoms with Crippen LogP contribution in [0.4, 0.5) is 4.39 Å². The molecule has 190 valence electrons. The Morgan fingerprint density at radius 2 is 2.08 bits per heavy atom. The third-order valence-corrected chi connectivity index (χ3v) is 7.73. The van der Waals surface area contributed by atoms with Crippen LogP contribution in [0.1, 0.15) is 36.7 Å². The van der Waals surface area contributed by atoms with Gasteiger partial charge in [0.2, 0.25) is 0 Å². The Kier molecular flexibility index (Phi) is 5.63. The number of phenolic OH excluding ortho intramolecular Hbond substituents is 1. The number of phenols is 1. The number of ether oxygens (including phenoxy) is 1. The molecule has 2 aliphatic rings. The first-order chi connectivity index (χ1) is 17.1. The highest BCUT2D eigenvalue weighted by molar-refractivity contribution is 5.95. The molecule has 0 saturated carbocycles. The highest BCUT2D eigenvalue weighted by Crippen LogP contribution is 2.52. The van der Waals surface area contributed by atoms with Gasteiger partial charge in [-0.05, 0) is 55.9 Å². The zero-order chi connectivity index (χ0) is 25.9. The van der Waals surface area contributed by atoms with Crippen molar-refractivity contribution in [3.63, 3.8) is 0 Å². The molecule has 0 radical (unpaired) electrons. The molecule has 0 bridgehead atoms. The van der Waals surface area contributed by atoms with E-state index in [2.05, 4.69) is 18.4 Å². The molecule has 0 unspecified atom stereocenters. The number of fused-ring (bicyclic) bond motifs is 4.